The molecule has 0 fully saturated rings. The molecule has 0 saturated carbocycles. The fraction of sp³-hybridized carbons (Fsp3) is 0.267. The van der Waals surface area contributed by atoms with E-state index in [0.717, 1.165) is 24.3 Å². The lowest BCUT2D eigenvalue weighted by molar-refractivity contribution is 0.301. The number of nitrogens with zero attached hydrogens (tertiary/aromatic N) is 1. The summed E-state index contributed by atoms with van der Waals surface area (Å²) in [5.74, 6) is 0.858. The summed E-state index contributed by atoms with van der Waals surface area (Å²) < 4.78 is 5.66. The van der Waals surface area contributed by atoms with Crippen LogP contribution in [0.3, 0.4) is 0 Å². The molecule has 94 valence electrons. The van der Waals surface area contributed by atoms with Gasteiger partial charge in [0.25, 0.3) is 0 Å². The van der Waals surface area contributed by atoms with E-state index in [1.54, 1.807) is 12.3 Å². The van der Waals surface area contributed by atoms with Crippen molar-refractivity contribution in [1.82, 2.24) is 4.98 Å². The number of pyridine rings is 1. The smallest absolute Gasteiger partial charge is 0.130 e. The Morgan fingerprint density at radius 2 is 1.94 bits per heavy atom. The maximum Gasteiger partial charge on any atom is 0.130 e. The Bertz CT molecular complexity index is 496. The van der Waals surface area contributed by atoms with Crippen LogP contribution in [0.5, 0.6) is 5.75 Å². The van der Waals surface area contributed by atoms with Crippen LogP contribution in [0.4, 0.5) is 0 Å². The Hall–Kier alpha value is -1.54. The Kier molecular flexibility index (Phi) is 4.59. The normalized spacial score (nSPS) is 10.3. The van der Waals surface area contributed by atoms with E-state index in [-0.39, 0.29) is 0 Å². The number of hydrogen-bond acceptors (Lipinski definition) is 2. The van der Waals surface area contributed by atoms with E-state index >= 15 is 0 Å². The third-order valence-electron chi connectivity index (χ3n) is 2.63. The average molecular weight is 262 g/mol. The van der Waals surface area contributed by atoms with E-state index in [9.17, 15) is 0 Å². The molecule has 1 aromatic heterocycles. The van der Waals surface area contributed by atoms with E-state index in [0.29, 0.717) is 11.6 Å². The van der Waals surface area contributed by atoms with Crippen molar-refractivity contribution in [2.75, 3.05) is 0 Å². The summed E-state index contributed by atoms with van der Waals surface area (Å²) in [6, 6.07) is 11.8. The minimum absolute atomic E-state index is 0.438. The maximum absolute atomic E-state index is 5.89. The zero-order chi connectivity index (χ0) is 12.8. The van der Waals surface area contributed by atoms with Crippen LogP contribution in [0, 0.1) is 0 Å². The molecule has 2 aromatic rings. The molecule has 0 aliphatic rings. The van der Waals surface area contributed by atoms with Gasteiger partial charge in [-0.05, 0) is 36.2 Å². The zero-order valence-electron chi connectivity index (χ0n) is 10.4. The number of hydrogen-bond donors (Lipinski definition) is 0. The Labute approximate surface area is 113 Å². The monoisotopic (exact) mass is 261 g/mol. The molecule has 0 amide bonds. The first kappa shape index (κ1) is 12.9. The predicted octanol–water partition coefficient (Wildman–Crippen LogP) is 4.27. The molecule has 0 atom stereocenters. The fourth-order valence-corrected chi connectivity index (χ4v) is 1.91. The van der Waals surface area contributed by atoms with Gasteiger partial charge < -0.3 is 4.74 Å². The largest absolute Gasteiger partial charge is 0.487 e. The highest BCUT2D eigenvalue weighted by atomic mass is 35.5. The van der Waals surface area contributed by atoms with Crippen molar-refractivity contribution in [2.24, 2.45) is 0 Å². The van der Waals surface area contributed by atoms with Crippen LogP contribution in [-0.2, 0) is 13.0 Å². The predicted molar refractivity (Wildman–Crippen MR) is 74.0 cm³/mol. The molecule has 0 saturated heterocycles. The van der Waals surface area contributed by atoms with Gasteiger partial charge in [-0.2, -0.15) is 0 Å². The summed E-state index contributed by atoms with van der Waals surface area (Å²) in [4.78, 5) is 4.19. The highest BCUT2D eigenvalue weighted by Gasteiger charge is 1.99. The lowest BCUT2D eigenvalue weighted by Crippen LogP contribution is -1.97. The van der Waals surface area contributed by atoms with E-state index in [1.165, 1.54) is 5.56 Å². The quantitative estimate of drug-likeness (QED) is 0.802. The fourth-order valence-electron chi connectivity index (χ4n) is 1.73. The molecule has 0 unspecified atom stereocenters. The van der Waals surface area contributed by atoms with Gasteiger partial charge in [0.15, 0.2) is 0 Å². The lowest BCUT2D eigenvalue weighted by atomic mass is 10.1. The van der Waals surface area contributed by atoms with Gasteiger partial charge in [-0.25, -0.2) is 0 Å². The van der Waals surface area contributed by atoms with Crippen molar-refractivity contribution in [1.29, 1.82) is 0 Å². The molecule has 0 bridgehead atoms. The third kappa shape index (κ3) is 3.74. The summed E-state index contributed by atoms with van der Waals surface area (Å²) in [5, 5.41) is 0.682. The Balaban J connectivity index is 1.93. The van der Waals surface area contributed by atoms with Crippen LogP contribution in [0.25, 0.3) is 0 Å². The van der Waals surface area contributed by atoms with Gasteiger partial charge in [0.1, 0.15) is 12.4 Å². The molecule has 0 spiro atoms. The van der Waals surface area contributed by atoms with Crippen molar-refractivity contribution in [3.63, 3.8) is 0 Å². The molecule has 2 rings (SSSR count). The van der Waals surface area contributed by atoms with Crippen LogP contribution in [0.2, 0.25) is 5.02 Å². The van der Waals surface area contributed by atoms with Gasteiger partial charge >= 0.3 is 0 Å². The molecule has 2 nitrogen and oxygen atoms in total. The van der Waals surface area contributed by atoms with Crippen molar-refractivity contribution >= 4 is 11.6 Å². The highest BCUT2D eigenvalue weighted by Crippen LogP contribution is 2.15. The lowest BCUT2D eigenvalue weighted by Gasteiger charge is -2.06. The second kappa shape index (κ2) is 6.41. The van der Waals surface area contributed by atoms with E-state index in [2.05, 4.69) is 24.0 Å². The van der Waals surface area contributed by atoms with Crippen LogP contribution in [0.15, 0.2) is 42.6 Å². The summed E-state index contributed by atoms with van der Waals surface area (Å²) in [6.45, 7) is 2.61. The second-order valence-electron chi connectivity index (χ2n) is 4.15. The summed E-state index contributed by atoms with van der Waals surface area (Å²) >= 11 is 5.89. The number of halogens is 1. The molecular formula is C15H16ClNO. The maximum atomic E-state index is 5.89. The van der Waals surface area contributed by atoms with Crippen LogP contribution >= 0.6 is 11.6 Å². The zero-order valence-corrected chi connectivity index (χ0v) is 11.2. The molecule has 0 aliphatic carbocycles. The first-order valence-corrected chi connectivity index (χ1v) is 6.48. The van der Waals surface area contributed by atoms with Crippen molar-refractivity contribution < 1.29 is 4.74 Å². The highest BCUT2D eigenvalue weighted by molar-refractivity contribution is 6.30. The topological polar surface area (TPSA) is 22.1 Å². The van der Waals surface area contributed by atoms with E-state index in [4.69, 9.17) is 16.3 Å². The molecular weight excluding hydrogens is 246 g/mol. The molecule has 18 heavy (non-hydrogen) atoms. The van der Waals surface area contributed by atoms with Crippen LogP contribution in [0.1, 0.15) is 24.6 Å². The van der Waals surface area contributed by atoms with E-state index < -0.39 is 0 Å². The van der Waals surface area contributed by atoms with Crippen molar-refractivity contribution in [3.05, 3.63) is 58.9 Å². The van der Waals surface area contributed by atoms with Gasteiger partial charge in [-0.1, -0.05) is 37.1 Å². The molecule has 1 aromatic carbocycles. The van der Waals surface area contributed by atoms with Gasteiger partial charge in [0.2, 0.25) is 0 Å². The van der Waals surface area contributed by atoms with Gasteiger partial charge in [0, 0.05) is 11.2 Å². The summed E-state index contributed by atoms with van der Waals surface area (Å²) in [6.07, 6.45) is 3.95. The average Bonchev–Trinajstić information content (AvgIpc) is 2.38. The first-order valence-electron chi connectivity index (χ1n) is 6.10. The molecule has 0 N–H and O–H groups in total. The minimum Gasteiger partial charge on any atom is -0.487 e. The summed E-state index contributed by atoms with van der Waals surface area (Å²) in [7, 11) is 0. The number of ether oxygens (including phenoxy) is 1. The van der Waals surface area contributed by atoms with Crippen molar-refractivity contribution in [3.8, 4) is 5.75 Å². The molecule has 0 aliphatic heterocycles. The Morgan fingerprint density at radius 3 is 2.61 bits per heavy atom. The first-order chi connectivity index (χ1) is 8.78. The molecule has 0 radical (unpaired) electrons. The molecule has 3 heteroatoms. The molecule has 1 heterocycles. The standard InChI is InChI=1S/C15H16ClNO/c1-2-3-12-4-6-15(7-5-12)18-11-14-10-13(16)8-9-17-14/h4-10H,2-3,11H2,1H3. The third-order valence-corrected chi connectivity index (χ3v) is 2.86. The number of aryl methyl sites for hydroxylation is 1. The van der Waals surface area contributed by atoms with Crippen LogP contribution in [-0.4, -0.2) is 4.98 Å². The van der Waals surface area contributed by atoms with Crippen LogP contribution < -0.4 is 4.74 Å². The van der Waals surface area contributed by atoms with Crippen molar-refractivity contribution in [2.45, 2.75) is 26.4 Å². The number of aromatic nitrogens is 1. The minimum atomic E-state index is 0.438. The summed E-state index contributed by atoms with van der Waals surface area (Å²) in [5.41, 5.74) is 2.17. The number of benzene rings is 1. The van der Waals surface area contributed by atoms with Gasteiger partial charge in [0.05, 0.1) is 5.69 Å². The van der Waals surface area contributed by atoms with E-state index in [1.807, 2.05) is 18.2 Å². The number of rotatable bonds is 5. The SMILES string of the molecule is CCCc1ccc(OCc2cc(Cl)ccn2)cc1. The Morgan fingerprint density at radius 1 is 1.17 bits per heavy atom. The van der Waals surface area contributed by atoms with Gasteiger partial charge in [-0.15, -0.1) is 0 Å². The van der Waals surface area contributed by atoms with Gasteiger partial charge in [-0.3, -0.25) is 4.98 Å². The second-order valence-corrected chi connectivity index (χ2v) is 4.58.